The largest absolute Gasteiger partial charge is 0.497 e. The fourth-order valence-electron chi connectivity index (χ4n) is 2.76. The Morgan fingerprint density at radius 1 is 1.14 bits per heavy atom. The predicted octanol–water partition coefficient (Wildman–Crippen LogP) is 3.74. The average Bonchev–Trinajstić information content (AvgIpc) is 3.19. The van der Waals surface area contributed by atoms with E-state index in [-0.39, 0.29) is 11.0 Å². The Kier molecular flexibility index (Phi) is 6.30. The molecule has 0 aliphatic rings. The molecule has 0 saturated heterocycles. The van der Waals surface area contributed by atoms with Gasteiger partial charge >= 0.3 is 0 Å². The van der Waals surface area contributed by atoms with Crippen LogP contribution in [0.5, 0.6) is 11.5 Å². The molecule has 0 bridgehead atoms. The normalized spacial score (nSPS) is 11.9. The molecular formula is C20H22N4O3S. The Bertz CT molecular complexity index is 956. The molecule has 0 aliphatic heterocycles. The van der Waals surface area contributed by atoms with Crippen LogP contribution < -0.4 is 9.47 Å². The van der Waals surface area contributed by atoms with Crippen molar-refractivity contribution < 1.29 is 14.3 Å². The Balaban J connectivity index is 1.88. The van der Waals surface area contributed by atoms with Crippen LogP contribution in [0.3, 0.4) is 0 Å². The minimum Gasteiger partial charge on any atom is -0.497 e. The van der Waals surface area contributed by atoms with Crippen molar-refractivity contribution in [2.24, 2.45) is 0 Å². The maximum absolute atomic E-state index is 13.0. The van der Waals surface area contributed by atoms with Crippen LogP contribution >= 0.6 is 11.8 Å². The number of carbonyl (C=O) groups excluding carboxylic acids is 1. The van der Waals surface area contributed by atoms with Crippen LogP contribution in [0.2, 0.25) is 0 Å². The maximum Gasteiger partial charge on any atom is 0.214 e. The van der Waals surface area contributed by atoms with Gasteiger partial charge in [0, 0.05) is 5.56 Å². The van der Waals surface area contributed by atoms with Crippen LogP contribution in [0.1, 0.15) is 29.3 Å². The van der Waals surface area contributed by atoms with E-state index in [1.165, 1.54) is 11.8 Å². The van der Waals surface area contributed by atoms with Crippen LogP contribution in [-0.4, -0.2) is 45.5 Å². The van der Waals surface area contributed by atoms with Gasteiger partial charge in [0.2, 0.25) is 5.16 Å². The third kappa shape index (κ3) is 4.17. The van der Waals surface area contributed by atoms with Gasteiger partial charge in [-0.2, -0.15) is 4.68 Å². The first-order valence-corrected chi connectivity index (χ1v) is 9.73. The van der Waals surface area contributed by atoms with Gasteiger partial charge in [-0.25, -0.2) is 0 Å². The smallest absolute Gasteiger partial charge is 0.214 e. The first kappa shape index (κ1) is 19.9. The maximum atomic E-state index is 13.0. The SMILES string of the molecule is CCC(Sc1nnnn1-c1cc(C)ccc1OC)C(=O)c1ccc(OC)cc1. The van der Waals surface area contributed by atoms with Gasteiger partial charge < -0.3 is 9.47 Å². The number of tetrazole rings is 1. The molecule has 2 aromatic carbocycles. The summed E-state index contributed by atoms with van der Waals surface area (Å²) in [7, 11) is 3.20. The molecule has 0 saturated carbocycles. The molecule has 1 atom stereocenters. The number of hydrogen-bond donors (Lipinski definition) is 0. The molecule has 0 fully saturated rings. The topological polar surface area (TPSA) is 79.1 Å². The van der Waals surface area contributed by atoms with Gasteiger partial charge in [-0.1, -0.05) is 24.8 Å². The first-order valence-electron chi connectivity index (χ1n) is 8.85. The van der Waals surface area contributed by atoms with Crippen molar-refractivity contribution in [2.45, 2.75) is 30.7 Å². The summed E-state index contributed by atoms with van der Waals surface area (Å²) in [6.45, 7) is 3.96. The third-order valence-electron chi connectivity index (χ3n) is 4.29. The standard InChI is InChI=1S/C20H22N4O3S/c1-5-18(19(25)14-7-9-15(26-3)10-8-14)28-20-21-22-23-24(20)16-12-13(2)6-11-17(16)27-4/h6-12,18H,5H2,1-4H3. The molecule has 28 heavy (non-hydrogen) atoms. The lowest BCUT2D eigenvalue weighted by atomic mass is 10.1. The second-order valence-electron chi connectivity index (χ2n) is 6.16. The number of thioether (sulfide) groups is 1. The average molecular weight is 398 g/mol. The van der Waals surface area contributed by atoms with E-state index in [2.05, 4.69) is 15.5 Å². The second-order valence-corrected chi connectivity index (χ2v) is 7.33. The molecule has 0 amide bonds. The minimum absolute atomic E-state index is 0.0286. The number of aromatic nitrogens is 4. The Morgan fingerprint density at radius 2 is 1.89 bits per heavy atom. The fraction of sp³-hybridized carbons (Fsp3) is 0.300. The number of benzene rings is 2. The molecule has 3 rings (SSSR count). The summed E-state index contributed by atoms with van der Waals surface area (Å²) >= 11 is 1.35. The Morgan fingerprint density at radius 3 is 2.54 bits per heavy atom. The summed E-state index contributed by atoms with van der Waals surface area (Å²) in [6, 6.07) is 12.9. The Hall–Kier alpha value is -2.87. The molecule has 8 heteroatoms. The zero-order chi connectivity index (χ0) is 20.1. The fourth-order valence-corrected chi connectivity index (χ4v) is 3.74. The summed E-state index contributed by atoms with van der Waals surface area (Å²) in [4.78, 5) is 13.0. The zero-order valence-corrected chi connectivity index (χ0v) is 17.1. The zero-order valence-electron chi connectivity index (χ0n) is 16.2. The van der Waals surface area contributed by atoms with Gasteiger partial charge in [-0.3, -0.25) is 4.79 Å². The third-order valence-corrected chi connectivity index (χ3v) is 5.59. The van der Waals surface area contributed by atoms with Crippen molar-refractivity contribution in [3.63, 3.8) is 0 Å². The van der Waals surface area contributed by atoms with Crippen LogP contribution in [0.25, 0.3) is 5.69 Å². The highest BCUT2D eigenvalue weighted by molar-refractivity contribution is 8.00. The number of aryl methyl sites for hydroxylation is 1. The molecule has 0 N–H and O–H groups in total. The number of rotatable bonds is 8. The number of ether oxygens (including phenoxy) is 2. The molecule has 0 radical (unpaired) electrons. The lowest BCUT2D eigenvalue weighted by Crippen LogP contribution is -2.17. The highest BCUT2D eigenvalue weighted by Gasteiger charge is 2.24. The van der Waals surface area contributed by atoms with Crippen molar-refractivity contribution in [2.75, 3.05) is 14.2 Å². The lowest BCUT2D eigenvalue weighted by Gasteiger charge is -2.14. The van der Waals surface area contributed by atoms with E-state index >= 15 is 0 Å². The van der Waals surface area contributed by atoms with E-state index in [1.807, 2.05) is 32.0 Å². The second kappa shape index (κ2) is 8.88. The van der Waals surface area contributed by atoms with E-state index in [9.17, 15) is 4.79 Å². The summed E-state index contributed by atoms with van der Waals surface area (Å²) in [5.41, 5.74) is 2.43. The predicted molar refractivity (Wildman–Crippen MR) is 108 cm³/mol. The van der Waals surface area contributed by atoms with Crippen LogP contribution in [0.15, 0.2) is 47.6 Å². The number of Topliss-reactive ketones (excluding diaryl/α,β-unsaturated/α-hetero) is 1. The van der Waals surface area contributed by atoms with Crippen molar-refractivity contribution in [1.82, 2.24) is 20.2 Å². The van der Waals surface area contributed by atoms with E-state index in [0.29, 0.717) is 28.6 Å². The molecule has 3 aromatic rings. The van der Waals surface area contributed by atoms with E-state index in [1.54, 1.807) is 43.2 Å². The van der Waals surface area contributed by atoms with Gasteiger partial charge in [0.25, 0.3) is 0 Å². The molecule has 1 unspecified atom stereocenters. The van der Waals surface area contributed by atoms with Crippen LogP contribution in [-0.2, 0) is 0 Å². The van der Waals surface area contributed by atoms with Crippen molar-refractivity contribution in [3.8, 4) is 17.2 Å². The van der Waals surface area contributed by atoms with E-state index in [0.717, 1.165) is 11.3 Å². The van der Waals surface area contributed by atoms with Crippen molar-refractivity contribution >= 4 is 17.5 Å². The van der Waals surface area contributed by atoms with Crippen LogP contribution in [0, 0.1) is 6.92 Å². The number of nitrogens with zero attached hydrogens (tertiary/aromatic N) is 4. The van der Waals surface area contributed by atoms with Crippen molar-refractivity contribution in [3.05, 3.63) is 53.6 Å². The van der Waals surface area contributed by atoms with Gasteiger partial charge in [-0.05, 0) is 65.7 Å². The number of methoxy groups -OCH3 is 2. The van der Waals surface area contributed by atoms with Gasteiger partial charge in [-0.15, -0.1) is 5.10 Å². The van der Waals surface area contributed by atoms with Crippen LogP contribution in [0.4, 0.5) is 0 Å². The van der Waals surface area contributed by atoms with E-state index in [4.69, 9.17) is 9.47 Å². The van der Waals surface area contributed by atoms with Gasteiger partial charge in [0.05, 0.1) is 19.5 Å². The van der Waals surface area contributed by atoms with E-state index < -0.39 is 0 Å². The highest BCUT2D eigenvalue weighted by atomic mass is 32.2. The summed E-state index contributed by atoms with van der Waals surface area (Å²) in [6.07, 6.45) is 0.646. The molecule has 7 nitrogen and oxygen atoms in total. The Labute approximate surface area is 168 Å². The quantitative estimate of drug-likeness (QED) is 0.422. The molecule has 1 aromatic heterocycles. The number of hydrogen-bond acceptors (Lipinski definition) is 7. The summed E-state index contributed by atoms with van der Waals surface area (Å²) in [5, 5.41) is 12.3. The molecule has 0 aliphatic carbocycles. The number of carbonyl (C=O) groups is 1. The minimum atomic E-state index is -0.311. The molecule has 0 spiro atoms. The first-order chi connectivity index (χ1) is 13.6. The highest BCUT2D eigenvalue weighted by Crippen LogP contribution is 2.31. The number of ketones is 1. The summed E-state index contributed by atoms with van der Waals surface area (Å²) in [5.74, 6) is 1.41. The molecular weight excluding hydrogens is 376 g/mol. The lowest BCUT2D eigenvalue weighted by molar-refractivity contribution is 0.0988. The van der Waals surface area contributed by atoms with Gasteiger partial charge in [0.15, 0.2) is 5.78 Å². The molecule has 146 valence electrons. The van der Waals surface area contributed by atoms with Gasteiger partial charge in [0.1, 0.15) is 17.2 Å². The van der Waals surface area contributed by atoms with Crippen molar-refractivity contribution in [1.29, 1.82) is 0 Å². The monoisotopic (exact) mass is 398 g/mol. The summed E-state index contributed by atoms with van der Waals surface area (Å²) < 4.78 is 12.2. The molecule has 1 heterocycles.